The number of ether oxygens (including phenoxy) is 2. The van der Waals surface area contributed by atoms with E-state index in [9.17, 15) is 4.79 Å². The van der Waals surface area contributed by atoms with E-state index in [4.69, 9.17) is 21.1 Å². The number of halogens is 1. The summed E-state index contributed by atoms with van der Waals surface area (Å²) in [5.41, 5.74) is 1.70. The Hall–Kier alpha value is -2.08. The van der Waals surface area contributed by atoms with Crippen LogP contribution in [0.3, 0.4) is 0 Å². The molecule has 1 fully saturated rings. The number of unbranched alkanes of at least 4 members (excludes halogenated alkanes) is 1. The first kappa shape index (κ1) is 20.6. The van der Waals surface area contributed by atoms with Gasteiger partial charge in [-0.15, -0.1) is 0 Å². The molecule has 0 unspecified atom stereocenters. The van der Waals surface area contributed by atoms with Gasteiger partial charge < -0.3 is 14.8 Å². The van der Waals surface area contributed by atoms with Gasteiger partial charge >= 0.3 is 0 Å². The third-order valence-corrected chi connectivity index (χ3v) is 5.15. The first-order chi connectivity index (χ1) is 13.7. The summed E-state index contributed by atoms with van der Waals surface area (Å²) >= 11 is 5.99. The van der Waals surface area contributed by atoms with E-state index in [0.29, 0.717) is 22.9 Å². The average molecular weight is 403 g/mol. The van der Waals surface area contributed by atoms with Crippen molar-refractivity contribution < 1.29 is 14.3 Å². The number of hydrogen-bond donors (Lipinski definition) is 1. The maximum absolute atomic E-state index is 12.4. The van der Waals surface area contributed by atoms with Crippen LogP contribution in [0.4, 0.5) is 0 Å². The minimum Gasteiger partial charge on any atom is -0.496 e. The predicted octanol–water partition coefficient (Wildman–Crippen LogP) is 3.93. The average Bonchev–Trinajstić information content (AvgIpc) is 2.74. The van der Waals surface area contributed by atoms with E-state index < -0.39 is 0 Å². The van der Waals surface area contributed by atoms with Gasteiger partial charge in [0.05, 0.1) is 25.4 Å². The normalized spacial score (nSPS) is 17.3. The molecule has 1 aliphatic rings. The van der Waals surface area contributed by atoms with Crippen LogP contribution >= 0.6 is 11.6 Å². The van der Waals surface area contributed by atoms with Crippen molar-refractivity contribution in [3.63, 3.8) is 0 Å². The maximum Gasteiger partial charge on any atom is 0.255 e. The lowest BCUT2D eigenvalue weighted by atomic mass is 10.1. The molecule has 0 bridgehead atoms. The Balaban J connectivity index is 1.39. The molecule has 2 aromatic carbocycles. The third kappa shape index (κ3) is 5.71. The lowest BCUT2D eigenvalue weighted by molar-refractivity contribution is -0.0303. The Kier molecular flexibility index (Phi) is 7.71. The zero-order chi connectivity index (χ0) is 19.8. The van der Waals surface area contributed by atoms with Gasteiger partial charge in [0.2, 0.25) is 0 Å². The quantitative estimate of drug-likeness (QED) is 0.679. The molecule has 1 heterocycles. The van der Waals surface area contributed by atoms with Crippen LogP contribution in [0.25, 0.3) is 0 Å². The first-order valence-corrected chi connectivity index (χ1v) is 10.1. The fraction of sp³-hybridized carbons (Fsp3) is 0.409. The van der Waals surface area contributed by atoms with Gasteiger partial charge in [-0.05, 0) is 43.1 Å². The van der Waals surface area contributed by atoms with Gasteiger partial charge in [-0.25, -0.2) is 0 Å². The van der Waals surface area contributed by atoms with Crippen molar-refractivity contribution in [2.75, 3.05) is 39.9 Å². The summed E-state index contributed by atoms with van der Waals surface area (Å²) in [5.74, 6) is 0.372. The van der Waals surface area contributed by atoms with Crippen molar-refractivity contribution in [1.29, 1.82) is 0 Å². The highest BCUT2D eigenvalue weighted by Gasteiger charge is 2.21. The smallest absolute Gasteiger partial charge is 0.255 e. The highest BCUT2D eigenvalue weighted by Crippen LogP contribution is 2.23. The fourth-order valence-corrected chi connectivity index (χ4v) is 3.56. The van der Waals surface area contributed by atoms with E-state index in [1.807, 2.05) is 6.07 Å². The standard InChI is InChI=1S/C22H27ClN2O3/c1-27-20-10-9-18(23)15-19(20)22(26)24-11-5-6-12-25-13-14-28-21(16-25)17-7-3-2-4-8-17/h2-4,7-10,15,21H,5-6,11-14,16H2,1H3,(H,24,26)/t21-/m1/s1. The van der Waals surface area contributed by atoms with Crippen LogP contribution in [-0.2, 0) is 4.74 Å². The molecule has 0 aromatic heterocycles. The minimum atomic E-state index is -0.158. The van der Waals surface area contributed by atoms with E-state index in [2.05, 4.69) is 34.5 Å². The zero-order valence-electron chi connectivity index (χ0n) is 16.2. The summed E-state index contributed by atoms with van der Waals surface area (Å²) in [4.78, 5) is 14.8. The molecule has 2 aromatic rings. The van der Waals surface area contributed by atoms with E-state index >= 15 is 0 Å². The number of rotatable bonds is 8. The Morgan fingerprint density at radius 1 is 1.25 bits per heavy atom. The van der Waals surface area contributed by atoms with Crippen LogP contribution in [0.2, 0.25) is 5.02 Å². The van der Waals surface area contributed by atoms with Gasteiger partial charge in [-0.1, -0.05) is 41.9 Å². The van der Waals surface area contributed by atoms with Crippen molar-refractivity contribution in [3.8, 4) is 5.75 Å². The molecule has 5 nitrogen and oxygen atoms in total. The fourth-order valence-electron chi connectivity index (χ4n) is 3.39. The molecular formula is C22H27ClN2O3. The number of morpholine rings is 1. The monoisotopic (exact) mass is 402 g/mol. The molecular weight excluding hydrogens is 376 g/mol. The molecule has 6 heteroatoms. The summed E-state index contributed by atoms with van der Waals surface area (Å²) < 4.78 is 11.1. The molecule has 1 saturated heterocycles. The van der Waals surface area contributed by atoms with Gasteiger partial charge in [0.25, 0.3) is 5.91 Å². The van der Waals surface area contributed by atoms with Gasteiger partial charge in [0.15, 0.2) is 0 Å². The Labute approximate surface area is 171 Å². The highest BCUT2D eigenvalue weighted by molar-refractivity contribution is 6.31. The van der Waals surface area contributed by atoms with Gasteiger partial charge in [0.1, 0.15) is 5.75 Å². The highest BCUT2D eigenvalue weighted by atomic mass is 35.5. The predicted molar refractivity (Wildman–Crippen MR) is 111 cm³/mol. The van der Waals surface area contributed by atoms with Gasteiger partial charge in [-0.3, -0.25) is 9.69 Å². The molecule has 1 N–H and O–H groups in total. The summed E-state index contributed by atoms with van der Waals surface area (Å²) in [6, 6.07) is 15.4. The Bertz CT molecular complexity index is 770. The summed E-state index contributed by atoms with van der Waals surface area (Å²) in [6.45, 7) is 4.25. The number of methoxy groups -OCH3 is 1. The second kappa shape index (κ2) is 10.5. The second-order valence-corrected chi connectivity index (χ2v) is 7.31. The van der Waals surface area contributed by atoms with Crippen molar-refractivity contribution in [2.45, 2.75) is 18.9 Å². The van der Waals surface area contributed by atoms with Crippen LogP contribution in [0.15, 0.2) is 48.5 Å². The van der Waals surface area contributed by atoms with E-state index in [1.165, 1.54) is 5.56 Å². The third-order valence-electron chi connectivity index (χ3n) is 4.91. The number of hydrogen-bond acceptors (Lipinski definition) is 4. The van der Waals surface area contributed by atoms with E-state index in [0.717, 1.165) is 39.1 Å². The van der Waals surface area contributed by atoms with Crippen LogP contribution in [0.5, 0.6) is 5.75 Å². The lowest BCUT2D eigenvalue weighted by Crippen LogP contribution is -2.39. The number of nitrogens with one attached hydrogen (secondary N) is 1. The Morgan fingerprint density at radius 2 is 2.07 bits per heavy atom. The summed E-state index contributed by atoms with van der Waals surface area (Å²) in [7, 11) is 1.55. The molecule has 0 radical (unpaired) electrons. The number of benzene rings is 2. The molecule has 28 heavy (non-hydrogen) atoms. The molecule has 1 atom stereocenters. The molecule has 0 saturated carbocycles. The van der Waals surface area contributed by atoms with Crippen LogP contribution < -0.4 is 10.1 Å². The van der Waals surface area contributed by atoms with E-state index in [1.54, 1.807) is 25.3 Å². The molecule has 0 spiro atoms. The van der Waals surface area contributed by atoms with Gasteiger partial charge in [-0.2, -0.15) is 0 Å². The first-order valence-electron chi connectivity index (χ1n) is 9.68. The molecule has 1 aliphatic heterocycles. The van der Waals surface area contributed by atoms with Crippen molar-refractivity contribution in [2.24, 2.45) is 0 Å². The SMILES string of the molecule is COc1ccc(Cl)cc1C(=O)NCCCCN1CCO[C@@H](c2ccccc2)C1. The van der Waals surface area contributed by atoms with Crippen molar-refractivity contribution in [3.05, 3.63) is 64.7 Å². The Morgan fingerprint density at radius 3 is 2.86 bits per heavy atom. The number of amides is 1. The van der Waals surface area contributed by atoms with Crippen LogP contribution in [0.1, 0.15) is 34.9 Å². The lowest BCUT2D eigenvalue weighted by Gasteiger charge is -2.33. The largest absolute Gasteiger partial charge is 0.496 e. The number of nitrogens with zero attached hydrogens (tertiary/aromatic N) is 1. The molecule has 150 valence electrons. The second-order valence-electron chi connectivity index (χ2n) is 6.88. The topological polar surface area (TPSA) is 50.8 Å². The minimum absolute atomic E-state index is 0.143. The number of carbonyl (C=O) groups excluding carboxylic acids is 1. The zero-order valence-corrected chi connectivity index (χ0v) is 17.0. The summed E-state index contributed by atoms with van der Waals surface area (Å²) in [6.07, 6.45) is 2.08. The number of carbonyl (C=O) groups is 1. The molecule has 0 aliphatic carbocycles. The molecule has 1 amide bonds. The summed E-state index contributed by atoms with van der Waals surface area (Å²) in [5, 5.41) is 3.47. The van der Waals surface area contributed by atoms with Crippen LogP contribution in [-0.4, -0.2) is 50.7 Å². The van der Waals surface area contributed by atoms with Crippen molar-refractivity contribution >= 4 is 17.5 Å². The maximum atomic E-state index is 12.4. The molecule has 3 rings (SSSR count). The van der Waals surface area contributed by atoms with E-state index in [-0.39, 0.29) is 12.0 Å². The van der Waals surface area contributed by atoms with Crippen molar-refractivity contribution in [1.82, 2.24) is 10.2 Å². The van der Waals surface area contributed by atoms with Gasteiger partial charge in [0, 0.05) is 24.7 Å². The van der Waals surface area contributed by atoms with Crippen LogP contribution in [0, 0.1) is 0 Å².